The van der Waals surface area contributed by atoms with Gasteiger partial charge in [-0.3, -0.25) is 4.79 Å². The third kappa shape index (κ3) is 3.28. The molecule has 0 aliphatic carbocycles. The van der Waals surface area contributed by atoms with Crippen LogP contribution >= 0.6 is 15.9 Å². The molecule has 0 unspecified atom stereocenters. The summed E-state index contributed by atoms with van der Waals surface area (Å²) in [5.41, 5.74) is 2.63. The van der Waals surface area contributed by atoms with Gasteiger partial charge in [-0.2, -0.15) is 0 Å². The van der Waals surface area contributed by atoms with Crippen LogP contribution in [0.5, 0.6) is 0 Å². The molecular weight excluding hydrogens is 342 g/mol. The maximum absolute atomic E-state index is 12.0. The standard InChI is InChI=1S/C18H14BrNO2/c1-12-4-2-3-5-16(12)20-18(21)9-7-15-11-13-10-14(19)6-8-17(13)22-15/h2-11H,1H3,(H,20,21). The van der Waals surface area contributed by atoms with Crippen molar-refractivity contribution in [2.75, 3.05) is 5.32 Å². The Balaban J connectivity index is 1.75. The maximum atomic E-state index is 12.0. The highest BCUT2D eigenvalue weighted by Gasteiger charge is 2.03. The van der Waals surface area contributed by atoms with Crippen LogP contribution in [0.1, 0.15) is 11.3 Å². The Morgan fingerprint density at radius 2 is 2.00 bits per heavy atom. The summed E-state index contributed by atoms with van der Waals surface area (Å²) in [6.45, 7) is 1.95. The van der Waals surface area contributed by atoms with Gasteiger partial charge in [0.25, 0.3) is 0 Å². The van der Waals surface area contributed by atoms with E-state index in [-0.39, 0.29) is 5.91 Å². The molecule has 1 aromatic heterocycles. The van der Waals surface area contributed by atoms with Crippen LogP contribution in [-0.4, -0.2) is 5.91 Å². The van der Waals surface area contributed by atoms with Gasteiger partial charge in [-0.15, -0.1) is 0 Å². The number of hydrogen-bond acceptors (Lipinski definition) is 2. The van der Waals surface area contributed by atoms with E-state index >= 15 is 0 Å². The molecule has 3 rings (SSSR count). The predicted octanol–water partition coefficient (Wildman–Crippen LogP) is 5.16. The van der Waals surface area contributed by atoms with E-state index in [0.29, 0.717) is 5.76 Å². The van der Waals surface area contributed by atoms with Crippen molar-refractivity contribution < 1.29 is 9.21 Å². The summed E-state index contributed by atoms with van der Waals surface area (Å²) in [5.74, 6) is 0.462. The summed E-state index contributed by atoms with van der Waals surface area (Å²) in [7, 11) is 0. The first kappa shape index (κ1) is 14.6. The molecule has 0 saturated carbocycles. The molecule has 0 bridgehead atoms. The van der Waals surface area contributed by atoms with Gasteiger partial charge < -0.3 is 9.73 Å². The van der Waals surface area contributed by atoms with Crippen molar-refractivity contribution in [2.45, 2.75) is 6.92 Å². The lowest BCUT2D eigenvalue weighted by Gasteiger charge is -2.04. The molecule has 0 radical (unpaired) electrons. The molecule has 1 amide bonds. The van der Waals surface area contributed by atoms with Crippen LogP contribution in [0.25, 0.3) is 17.0 Å². The normalized spacial score (nSPS) is 11.2. The molecular formula is C18H14BrNO2. The molecule has 0 spiro atoms. The Hall–Kier alpha value is -2.33. The van der Waals surface area contributed by atoms with E-state index in [2.05, 4.69) is 21.2 Å². The zero-order valence-electron chi connectivity index (χ0n) is 12.0. The molecule has 0 aliphatic rings. The number of halogens is 1. The molecule has 0 atom stereocenters. The number of nitrogens with one attached hydrogen (secondary N) is 1. The van der Waals surface area contributed by atoms with Crippen LogP contribution in [0.15, 0.2) is 63.5 Å². The SMILES string of the molecule is Cc1ccccc1NC(=O)C=Cc1cc2cc(Br)ccc2o1. The van der Waals surface area contributed by atoms with Crippen LogP contribution in [0.3, 0.4) is 0 Å². The summed E-state index contributed by atoms with van der Waals surface area (Å²) >= 11 is 3.42. The molecule has 3 nitrogen and oxygen atoms in total. The minimum absolute atomic E-state index is 0.184. The Labute approximate surface area is 136 Å². The van der Waals surface area contributed by atoms with Gasteiger partial charge in [0, 0.05) is 21.6 Å². The van der Waals surface area contributed by atoms with E-state index in [0.717, 1.165) is 26.7 Å². The second-order valence-electron chi connectivity index (χ2n) is 4.97. The first-order valence-electron chi connectivity index (χ1n) is 6.85. The number of para-hydroxylation sites is 1. The van der Waals surface area contributed by atoms with E-state index in [1.807, 2.05) is 55.5 Å². The minimum Gasteiger partial charge on any atom is -0.457 e. The summed E-state index contributed by atoms with van der Waals surface area (Å²) in [5, 5.41) is 3.84. The second kappa shape index (κ2) is 6.20. The van der Waals surface area contributed by atoms with E-state index in [1.54, 1.807) is 6.08 Å². The Morgan fingerprint density at radius 3 is 2.82 bits per heavy atom. The number of carbonyl (C=O) groups is 1. The largest absolute Gasteiger partial charge is 0.457 e. The second-order valence-corrected chi connectivity index (χ2v) is 5.88. The number of furan rings is 1. The summed E-state index contributed by atoms with van der Waals surface area (Å²) < 4.78 is 6.65. The van der Waals surface area contributed by atoms with Crippen molar-refractivity contribution in [3.8, 4) is 0 Å². The van der Waals surface area contributed by atoms with Crippen LogP contribution < -0.4 is 5.32 Å². The number of anilines is 1. The van der Waals surface area contributed by atoms with E-state index in [1.165, 1.54) is 6.08 Å². The molecule has 0 fully saturated rings. The lowest BCUT2D eigenvalue weighted by molar-refractivity contribution is -0.111. The van der Waals surface area contributed by atoms with Crippen LogP contribution in [-0.2, 0) is 4.79 Å². The van der Waals surface area contributed by atoms with Crippen molar-refractivity contribution in [1.82, 2.24) is 0 Å². The molecule has 4 heteroatoms. The third-order valence-corrected chi connectivity index (χ3v) is 3.79. The number of rotatable bonds is 3. The highest BCUT2D eigenvalue weighted by Crippen LogP contribution is 2.24. The summed E-state index contributed by atoms with van der Waals surface area (Å²) in [6, 6.07) is 15.3. The topological polar surface area (TPSA) is 42.2 Å². The Bertz CT molecular complexity index is 864. The number of carbonyl (C=O) groups excluding carboxylic acids is 1. The monoisotopic (exact) mass is 355 g/mol. The summed E-state index contributed by atoms with van der Waals surface area (Å²) in [4.78, 5) is 12.0. The number of fused-ring (bicyclic) bond motifs is 1. The Morgan fingerprint density at radius 1 is 1.18 bits per heavy atom. The zero-order valence-corrected chi connectivity index (χ0v) is 13.6. The molecule has 22 heavy (non-hydrogen) atoms. The number of hydrogen-bond donors (Lipinski definition) is 1. The molecule has 0 aliphatic heterocycles. The molecule has 2 aromatic carbocycles. The highest BCUT2D eigenvalue weighted by atomic mass is 79.9. The van der Waals surface area contributed by atoms with Gasteiger partial charge in [-0.05, 0) is 48.9 Å². The predicted molar refractivity (Wildman–Crippen MR) is 92.8 cm³/mol. The first-order valence-corrected chi connectivity index (χ1v) is 7.65. The van der Waals surface area contributed by atoms with E-state index in [9.17, 15) is 4.79 Å². The number of amides is 1. The highest BCUT2D eigenvalue weighted by molar-refractivity contribution is 9.10. The Kier molecular flexibility index (Phi) is 4.11. The van der Waals surface area contributed by atoms with Gasteiger partial charge in [0.05, 0.1) is 0 Å². The minimum atomic E-state index is -0.184. The third-order valence-electron chi connectivity index (χ3n) is 3.30. The summed E-state index contributed by atoms with van der Waals surface area (Å²) in [6.07, 6.45) is 3.14. The molecule has 1 N–H and O–H groups in total. The van der Waals surface area contributed by atoms with Crippen molar-refractivity contribution in [3.05, 3.63) is 70.4 Å². The zero-order chi connectivity index (χ0) is 15.5. The lowest BCUT2D eigenvalue weighted by Crippen LogP contribution is -2.08. The molecule has 1 heterocycles. The van der Waals surface area contributed by atoms with Crippen molar-refractivity contribution in [2.24, 2.45) is 0 Å². The number of aryl methyl sites for hydroxylation is 1. The fourth-order valence-corrected chi connectivity index (χ4v) is 2.54. The average Bonchev–Trinajstić information content (AvgIpc) is 2.89. The van der Waals surface area contributed by atoms with Gasteiger partial charge in [0.15, 0.2) is 0 Å². The van der Waals surface area contributed by atoms with Crippen molar-refractivity contribution in [3.63, 3.8) is 0 Å². The van der Waals surface area contributed by atoms with Crippen LogP contribution in [0.4, 0.5) is 5.69 Å². The molecule has 110 valence electrons. The smallest absolute Gasteiger partial charge is 0.248 e. The number of benzene rings is 2. The van der Waals surface area contributed by atoms with E-state index < -0.39 is 0 Å². The van der Waals surface area contributed by atoms with E-state index in [4.69, 9.17) is 4.42 Å². The van der Waals surface area contributed by atoms with Gasteiger partial charge in [-0.25, -0.2) is 0 Å². The van der Waals surface area contributed by atoms with Gasteiger partial charge in [0.2, 0.25) is 5.91 Å². The lowest BCUT2D eigenvalue weighted by atomic mass is 10.2. The fraction of sp³-hybridized carbons (Fsp3) is 0.0556. The van der Waals surface area contributed by atoms with Gasteiger partial charge in [0.1, 0.15) is 11.3 Å². The maximum Gasteiger partial charge on any atom is 0.248 e. The first-order chi connectivity index (χ1) is 10.6. The van der Waals surface area contributed by atoms with Gasteiger partial charge >= 0.3 is 0 Å². The van der Waals surface area contributed by atoms with Crippen LogP contribution in [0, 0.1) is 6.92 Å². The molecule has 3 aromatic rings. The quantitative estimate of drug-likeness (QED) is 0.659. The fourth-order valence-electron chi connectivity index (χ4n) is 2.16. The van der Waals surface area contributed by atoms with Crippen molar-refractivity contribution in [1.29, 1.82) is 0 Å². The average molecular weight is 356 g/mol. The van der Waals surface area contributed by atoms with Crippen LogP contribution in [0.2, 0.25) is 0 Å². The van der Waals surface area contributed by atoms with Crippen molar-refractivity contribution >= 4 is 44.6 Å². The molecule has 0 saturated heterocycles. The van der Waals surface area contributed by atoms with Gasteiger partial charge in [-0.1, -0.05) is 34.1 Å².